The number of esters is 1. The van der Waals surface area contributed by atoms with Gasteiger partial charge >= 0.3 is 5.97 Å². The van der Waals surface area contributed by atoms with Crippen LogP contribution in [0.25, 0.3) is 9.88 Å². The first-order chi connectivity index (χ1) is 11.1. The largest absolute Gasteiger partial charge is 0.460 e. The van der Waals surface area contributed by atoms with E-state index in [9.17, 15) is 9.18 Å². The van der Waals surface area contributed by atoms with E-state index in [1.54, 1.807) is 11.3 Å². The molecule has 0 unspecified atom stereocenters. The Hall–Kier alpha value is -1.76. The summed E-state index contributed by atoms with van der Waals surface area (Å²) in [7, 11) is 0. The smallest absolute Gasteiger partial charge is 0.312 e. The summed E-state index contributed by atoms with van der Waals surface area (Å²) in [5, 5.41) is 4.97. The third-order valence-corrected chi connectivity index (χ3v) is 5.29. The summed E-state index contributed by atoms with van der Waals surface area (Å²) in [6.45, 7) is 0.0138. The first-order valence-electron chi connectivity index (χ1n) is 6.69. The summed E-state index contributed by atoms with van der Waals surface area (Å²) in [4.78, 5) is 17.4. The van der Waals surface area contributed by atoms with Crippen LogP contribution in [0, 0.1) is 5.82 Å². The van der Waals surface area contributed by atoms with Crippen LogP contribution >= 0.6 is 34.3 Å². The third-order valence-electron chi connectivity index (χ3n) is 3.01. The summed E-state index contributed by atoms with van der Waals surface area (Å²) in [5.41, 5.74) is 1.24. The molecule has 0 spiro atoms. The molecule has 1 aromatic carbocycles. The first kappa shape index (κ1) is 16.1. The lowest BCUT2D eigenvalue weighted by Crippen LogP contribution is -2.08. The summed E-state index contributed by atoms with van der Waals surface area (Å²) in [6.07, 6.45) is 0.0979. The van der Waals surface area contributed by atoms with E-state index in [0.29, 0.717) is 11.3 Å². The van der Waals surface area contributed by atoms with Gasteiger partial charge in [0.1, 0.15) is 17.4 Å². The van der Waals surface area contributed by atoms with E-state index in [4.69, 9.17) is 16.3 Å². The van der Waals surface area contributed by atoms with E-state index < -0.39 is 11.8 Å². The highest BCUT2D eigenvalue weighted by atomic mass is 35.5. The molecule has 0 saturated carbocycles. The lowest BCUT2D eigenvalue weighted by atomic mass is 10.2. The number of thiazole rings is 1. The first-order valence-corrected chi connectivity index (χ1v) is 8.83. The summed E-state index contributed by atoms with van der Waals surface area (Å²) >= 11 is 8.99. The fourth-order valence-electron chi connectivity index (χ4n) is 1.90. The second-order valence-electron chi connectivity index (χ2n) is 4.69. The van der Waals surface area contributed by atoms with Crippen molar-refractivity contribution in [1.82, 2.24) is 4.98 Å². The van der Waals surface area contributed by atoms with Gasteiger partial charge in [0.05, 0.1) is 22.0 Å². The van der Waals surface area contributed by atoms with E-state index in [0.717, 1.165) is 9.88 Å². The molecule has 0 bridgehead atoms. The number of benzene rings is 1. The fraction of sp³-hybridized carbons (Fsp3) is 0.125. The van der Waals surface area contributed by atoms with Crippen LogP contribution in [0.4, 0.5) is 4.39 Å². The Morgan fingerprint density at radius 3 is 2.91 bits per heavy atom. The number of ether oxygens (including phenoxy) is 1. The topological polar surface area (TPSA) is 39.2 Å². The number of hydrogen-bond acceptors (Lipinski definition) is 5. The molecule has 0 saturated heterocycles. The zero-order valence-corrected chi connectivity index (χ0v) is 14.2. The van der Waals surface area contributed by atoms with Crippen molar-refractivity contribution in [2.75, 3.05) is 0 Å². The molecule has 0 radical (unpaired) electrons. The molecule has 0 atom stereocenters. The number of halogens is 2. The van der Waals surface area contributed by atoms with Crippen LogP contribution in [-0.4, -0.2) is 11.0 Å². The maximum Gasteiger partial charge on any atom is 0.312 e. The Labute approximate surface area is 145 Å². The zero-order valence-electron chi connectivity index (χ0n) is 11.8. The molecule has 0 aliphatic heterocycles. The van der Waals surface area contributed by atoms with Crippen molar-refractivity contribution in [3.05, 3.63) is 63.2 Å². The van der Waals surface area contributed by atoms with Crippen LogP contribution in [0.3, 0.4) is 0 Å². The number of thiophene rings is 1. The van der Waals surface area contributed by atoms with Crippen molar-refractivity contribution in [2.24, 2.45) is 0 Å². The highest BCUT2D eigenvalue weighted by molar-refractivity contribution is 7.20. The third kappa shape index (κ3) is 4.16. The van der Waals surface area contributed by atoms with Crippen molar-refractivity contribution in [3.63, 3.8) is 0 Å². The highest BCUT2D eigenvalue weighted by Gasteiger charge is 2.12. The van der Waals surface area contributed by atoms with Crippen LogP contribution in [0.2, 0.25) is 5.02 Å². The minimum Gasteiger partial charge on any atom is -0.460 e. The fourth-order valence-corrected chi connectivity index (χ4v) is 3.75. The van der Waals surface area contributed by atoms with Gasteiger partial charge < -0.3 is 4.74 Å². The molecule has 0 aliphatic rings. The normalized spacial score (nSPS) is 10.7. The molecule has 0 fully saturated rings. The number of aromatic nitrogens is 1. The van der Waals surface area contributed by atoms with E-state index in [1.807, 2.05) is 22.9 Å². The maximum absolute atomic E-state index is 13.0. The molecule has 7 heteroatoms. The van der Waals surface area contributed by atoms with Crippen LogP contribution in [0.1, 0.15) is 11.3 Å². The number of carbonyl (C=O) groups excluding carboxylic acids is 1. The molecule has 0 amide bonds. The van der Waals surface area contributed by atoms with Crippen molar-refractivity contribution >= 4 is 40.2 Å². The van der Waals surface area contributed by atoms with Gasteiger partial charge in [-0.3, -0.25) is 4.79 Å². The van der Waals surface area contributed by atoms with Gasteiger partial charge in [-0.25, -0.2) is 9.37 Å². The molecule has 0 N–H and O–H groups in total. The van der Waals surface area contributed by atoms with Gasteiger partial charge in [0, 0.05) is 10.9 Å². The quantitative estimate of drug-likeness (QED) is 0.599. The Morgan fingerprint density at radius 2 is 2.17 bits per heavy atom. The van der Waals surface area contributed by atoms with E-state index >= 15 is 0 Å². The molecule has 2 heterocycles. The average molecular weight is 368 g/mol. The van der Waals surface area contributed by atoms with Gasteiger partial charge in [0.25, 0.3) is 0 Å². The van der Waals surface area contributed by atoms with Gasteiger partial charge in [-0.15, -0.1) is 22.7 Å². The zero-order chi connectivity index (χ0) is 16.2. The van der Waals surface area contributed by atoms with Gasteiger partial charge in [-0.05, 0) is 23.6 Å². The van der Waals surface area contributed by atoms with Gasteiger partial charge in [0.15, 0.2) is 0 Å². The second kappa shape index (κ2) is 7.21. The molecule has 23 heavy (non-hydrogen) atoms. The summed E-state index contributed by atoms with van der Waals surface area (Å²) in [5.74, 6) is -0.818. The summed E-state index contributed by atoms with van der Waals surface area (Å²) < 4.78 is 18.1. The lowest BCUT2D eigenvalue weighted by Gasteiger charge is -2.06. The standard InChI is InChI=1S/C16H11ClFNO2S2/c17-13-6-11(18)4-3-10(13)8-21-15(20)7-12-9-23-16(19-12)14-2-1-5-22-14/h1-6,9H,7-8H2. The maximum atomic E-state index is 13.0. The monoisotopic (exact) mass is 367 g/mol. The Balaban J connectivity index is 1.57. The Bertz CT molecular complexity index is 817. The molecular formula is C16H11ClFNO2S2. The minimum atomic E-state index is -0.423. The Morgan fingerprint density at radius 1 is 1.30 bits per heavy atom. The predicted molar refractivity (Wildman–Crippen MR) is 90.3 cm³/mol. The van der Waals surface area contributed by atoms with E-state index in [-0.39, 0.29) is 18.1 Å². The van der Waals surface area contributed by atoms with Crippen molar-refractivity contribution in [2.45, 2.75) is 13.0 Å². The molecule has 3 rings (SSSR count). The second-order valence-corrected chi connectivity index (χ2v) is 6.91. The van der Waals surface area contributed by atoms with Gasteiger partial charge in [-0.1, -0.05) is 23.7 Å². The highest BCUT2D eigenvalue weighted by Crippen LogP contribution is 2.28. The minimum absolute atomic E-state index is 0.0138. The van der Waals surface area contributed by atoms with E-state index in [1.165, 1.54) is 29.5 Å². The van der Waals surface area contributed by atoms with Gasteiger partial charge in [0.2, 0.25) is 0 Å². The molecule has 118 valence electrons. The van der Waals surface area contributed by atoms with Gasteiger partial charge in [-0.2, -0.15) is 0 Å². The number of rotatable bonds is 5. The van der Waals surface area contributed by atoms with Crippen molar-refractivity contribution in [1.29, 1.82) is 0 Å². The van der Waals surface area contributed by atoms with Crippen LogP contribution in [0.15, 0.2) is 41.1 Å². The molecular weight excluding hydrogens is 357 g/mol. The number of hydrogen-bond donors (Lipinski definition) is 0. The average Bonchev–Trinajstić information content (AvgIpc) is 3.17. The predicted octanol–water partition coefficient (Wildman–Crippen LogP) is 4.95. The molecule has 3 aromatic rings. The van der Waals surface area contributed by atoms with Crippen molar-refractivity contribution in [3.8, 4) is 9.88 Å². The van der Waals surface area contributed by atoms with Crippen molar-refractivity contribution < 1.29 is 13.9 Å². The number of nitrogens with zero attached hydrogens (tertiary/aromatic N) is 1. The molecule has 2 aromatic heterocycles. The number of carbonyl (C=O) groups is 1. The van der Waals surface area contributed by atoms with Crippen LogP contribution in [-0.2, 0) is 22.6 Å². The lowest BCUT2D eigenvalue weighted by molar-refractivity contribution is -0.144. The molecule has 3 nitrogen and oxygen atoms in total. The van der Waals surface area contributed by atoms with E-state index in [2.05, 4.69) is 4.98 Å². The SMILES string of the molecule is O=C(Cc1csc(-c2cccs2)n1)OCc1ccc(F)cc1Cl. The summed E-state index contributed by atoms with van der Waals surface area (Å²) in [6, 6.07) is 7.92. The molecule has 0 aliphatic carbocycles. The van der Waals surface area contributed by atoms with Crippen LogP contribution in [0.5, 0.6) is 0 Å². The Kier molecular flexibility index (Phi) is 5.05. The van der Waals surface area contributed by atoms with Crippen LogP contribution < -0.4 is 0 Å².